The van der Waals surface area contributed by atoms with Gasteiger partial charge in [-0.3, -0.25) is 4.79 Å². The number of fused-ring (bicyclic) bond motifs is 1. The van der Waals surface area contributed by atoms with Gasteiger partial charge in [0.2, 0.25) is 5.91 Å². The molecule has 0 unspecified atom stereocenters. The zero-order chi connectivity index (χ0) is 13.2. The van der Waals surface area contributed by atoms with E-state index in [2.05, 4.69) is 4.98 Å². The van der Waals surface area contributed by atoms with E-state index >= 15 is 0 Å². The average molecular weight is 251 g/mol. The molecule has 19 heavy (non-hydrogen) atoms. The highest BCUT2D eigenvalue weighted by atomic mass is 16.1. The Kier molecular flexibility index (Phi) is 2.76. The number of rotatable bonds is 3. The van der Waals surface area contributed by atoms with Crippen LogP contribution >= 0.6 is 0 Å². The van der Waals surface area contributed by atoms with Gasteiger partial charge in [-0.2, -0.15) is 0 Å². The maximum Gasteiger partial charge on any atom is 0.249 e. The number of hydrogen-bond donors (Lipinski definition) is 1. The number of imidazole rings is 1. The zero-order valence-corrected chi connectivity index (χ0v) is 10.3. The number of para-hydroxylation sites is 2. The number of nitrogens with two attached hydrogens (primary N) is 1. The second-order valence-corrected chi connectivity index (χ2v) is 4.38. The Morgan fingerprint density at radius 1 is 1.11 bits per heavy atom. The van der Waals surface area contributed by atoms with E-state index in [9.17, 15) is 4.79 Å². The van der Waals surface area contributed by atoms with E-state index in [0.29, 0.717) is 12.1 Å². The van der Waals surface area contributed by atoms with Crippen molar-refractivity contribution in [2.45, 2.75) is 6.54 Å². The van der Waals surface area contributed by atoms with Crippen LogP contribution in [0.2, 0.25) is 0 Å². The van der Waals surface area contributed by atoms with E-state index in [4.69, 9.17) is 5.73 Å². The largest absolute Gasteiger partial charge is 0.366 e. The Labute approximate surface area is 110 Å². The summed E-state index contributed by atoms with van der Waals surface area (Å²) in [5, 5.41) is 0. The van der Waals surface area contributed by atoms with Crippen molar-refractivity contribution < 1.29 is 4.79 Å². The van der Waals surface area contributed by atoms with Crippen LogP contribution in [0.15, 0.2) is 54.9 Å². The number of nitrogens with zero attached hydrogens (tertiary/aromatic N) is 2. The highest BCUT2D eigenvalue weighted by Gasteiger charge is 2.09. The first-order valence-electron chi connectivity index (χ1n) is 6.03. The topological polar surface area (TPSA) is 60.9 Å². The molecular formula is C15H13N3O. The van der Waals surface area contributed by atoms with Gasteiger partial charge in [0.25, 0.3) is 0 Å². The minimum Gasteiger partial charge on any atom is -0.366 e. The molecule has 0 spiro atoms. The third kappa shape index (κ3) is 2.08. The molecule has 0 aliphatic rings. The first-order chi connectivity index (χ1) is 9.25. The molecule has 1 heterocycles. The first kappa shape index (κ1) is 11.5. The van der Waals surface area contributed by atoms with Crippen molar-refractivity contribution in [3.8, 4) is 0 Å². The summed E-state index contributed by atoms with van der Waals surface area (Å²) in [6.07, 6.45) is 1.78. The summed E-state index contributed by atoms with van der Waals surface area (Å²) in [6, 6.07) is 15.3. The maximum atomic E-state index is 11.4. The van der Waals surface area contributed by atoms with Crippen LogP contribution in [0.1, 0.15) is 15.9 Å². The second-order valence-electron chi connectivity index (χ2n) is 4.38. The predicted octanol–water partition coefficient (Wildman–Crippen LogP) is 2.18. The third-order valence-electron chi connectivity index (χ3n) is 3.15. The van der Waals surface area contributed by atoms with Crippen molar-refractivity contribution in [1.29, 1.82) is 0 Å². The predicted molar refractivity (Wildman–Crippen MR) is 73.8 cm³/mol. The van der Waals surface area contributed by atoms with Crippen LogP contribution in [0.4, 0.5) is 0 Å². The van der Waals surface area contributed by atoms with E-state index < -0.39 is 5.91 Å². The molecule has 3 aromatic rings. The molecule has 1 aromatic heterocycles. The molecule has 0 fully saturated rings. The molecule has 0 saturated heterocycles. The fourth-order valence-corrected chi connectivity index (χ4v) is 2.22. The maximum absolute atomic E-state index is 11.4. The van der Waals surface area contributed by atoms with Crippen molar-refractivity contribution in [3.63, 3.8) is 0 Å². The number of primary amides is 1. The molecule has 1 amide bonds. The van der Waals surface area contributed by atoms with E-state index in [1.807, 2.05) is 47.0 Å². The van der Waals surface area contributed by atoms with Gasteiger partial charge in [0.15, 0.2) is 0 Å². The number of aromatic nitrogens is 2. The molecule has 4 nitrogen and oxygen atoms in total. The molecule has 0 saturated carbocycles. The normalized spacial score (nSPS) is 10.7. The molecule has 4 heteroatoms. The summed E-state index contributed by atoms with van der Waals surface area (Å²) in [6.45, 7) is 0.583. The Hall–Kier alpha value is -2.62. The minimum absolute atomic E-state index is 0.403. The monoisotopic (exact) mass is 251 g/mol. The Bertz CT molecular complexity index is 746. The fraction of sp³-hybridized carbons (Fsp3) is 0.0667. The summed E-state index contributed by atoms with van der Waals surface area (Å²) in [5.74, 6) is -0.403. The van der Waals surface area contributed by atoms with Crippen LogP contribution in [0.5, 0.6) is 0 Å². The summed E-state index contributed by atoms with van der Waals surface area (Å²) < 4.78 is 2.01. The number of hydrogen-bond acceptors (Lipinski definition) is 2. The average Bonchev–Trinajstić information content (AvgIpc) is 2.83. The molecule has 0 atom stereocenters. The standard InChI is InChI=1S/C15H13N3O/c16-15(19)12-6-2-1-5-11(12)9-18-10-17-13-7-3-4-8-14(13)18/h1-8,10H,9H2,(H2,16,19). The number of carbonyl (C=O) groups is 1. The number of amides is 1. The van der Waals surface area contributed by atoms with Crippen molar-refractivity contribution in [3.05, 3.63) is 66.0 Å². The van der Waals surface area contributed by atoms with Crippen LogP contribution < -0.4 is 5.73 Å². The quantitative estimate of drug-likeness (QED) is 0.775. The molecule has 0 aliphatic heterocycles. The van der Waals surface area contributed by atoms with Crippen LogP contribution in [-0.4, -0.2) is 15.5 Å². The van der Waals surface area contributed by atoms with Crippen molar-refractivity contribution in [2.75, 3.05) is 0 Å². The van der Waals surface area contributed by atoms with Gasteiger partial charge in [0, 0.05) is 12.1 Å². The van der Waals surface area contributed by atoms with Crippen molar-refractivity contribution in [1.82, 2.24) is 9.55 Å². The van der Waals surface area contributed by atoms with Gasteiger partial charge in [-0.25, -0.2) is 4.98 Å². The molecular weight excluding hydrogens is 238 g/mol. The Morgan fingerprint density at radius 3 is 2.68 bits per heavy atom. The van der Waals surface area contributed by atoms with Crippen molar-refractivity contribution >= 4 is 16.9 Å². The Morgan fingerprint density at radius 2 is 1.84 bits per heavy atom. The lowest BCUT2D eigenvalue weighted by Crippen LogP contribution is -2.14. The highest BCUT2D eigenvalue weighted by Crippen LogP contribution is 2.16. The highest BCUT2D eigenvalue weighted by molar-refractivity contribution is 5.94. The minimum atomic E-state index is -0.403. The number of benzene rings is 2. The fourth-order valence-electron chi connectivity index (χ4n) is 2.22. The molecule has 3 rings (SSSR count). The van der Waals surface area contributed by atoms with Crippen LogP contribution in [0, 0.1) is 0 Å². The van der Waals surface area contributed by atoms with Crippen molar-refractivity contribution in [2.24, 2.45) is 5.73 Å². The lowest BCUT2D eigenvalue weighted by Gasteiger charge is -2.08. The lowest BCUT2D eigenvalue weighted by molar-refractivity contribution is 0.0999. The zero-order valence-electron chi connectivity index (χ0n) is 10.3. The third-order valence-corrected chi connectivity index (χ3v) is 3.15. The van der Waals surface area contributed by atoms with E-state index in [1.165, 1.54) is 0 Å². The van der Waals surface area contributed by atoms with Gasteiger partial charge in [-0.1, -0.05) is 30.3 Å². The molecule has 0 aliphatic carbocycles. The Balaban J connectivity index is 2.04. The number of carbonyl (C=O) groups excluding carboxylic acids is 1. The van der Waals surface area contributed by atoms with Gasteiger partial charge >= 0.3 is 0 Å². The van der Waals surface area contributed by atoms with Gasteiger partial charge < -0.3 is 10.3 Å². The van der Waals surface area contributed by atoms with E-state index in [1.54, 1.807) is 12.4 Å². The smallest absolute Gasteiger partial charge is 0.249 e. The lowest BCUT2D eigenvalue weighted by atomic mass is 10.1. The molecule has 2 N–H and O–H groups in total. The molecule has 94 valence electrons. The van der Waals surface area contributed by atoms with Crippen LogP contribution in [-0.2, 0) is 6.54 Å². The van der Waals surface area contributed by atoms with E-state index in [-0.39, 0.29) is 0 Å². The molecule has 0 bridgehead atoms. The molecule has 2 aromatic carbocycles. The molecule has 0 radical (unpaired) electrons. The summed E-state index contributed by atoms with van der Waals surface area (Å²) in [7, 11) is 0. The van der Waals surface area contributed by atoms with Gasteiger partial charge in [-0.05, 0) is 23.8 Å². The summed E-state index contributed by atoms with van der Waals surface area (Å²) >= 11 is 0. The van der Waals surface area contributed by atoms with Gasteiger partial charge in [0.1, 0.15) is 0 Å². The van der Waals surface area contributed by atoms with E-state index in [0.717, 1.165) is 16.6 Å². The summed E-state index contributed by atoms with van der Waals surface area (Å²) in [5.41, 5.74) is 8.84. The van der Waals surface area contributed by atoms with Crippen LogP contribution in [0.25, 0.3) is 11.0 Å². The van der Waals surface area contributed by atoms with Gasteiger partial charge in [-0.15, -0.1) is 0 Å². The van der Waals surface area contributed by atoms with Crippen LogP contribution in [0.3, 0.4) is 0 Å². The van der Waals surface area contributed by atoms with Gasteiger partial charge in [0.05, 0.1) is 17.4 Å². The first-order valence-corrected chi connectivity index (χ1v) is 6.03. The summed E-state index contributed by atoms with van der Waals surface area (Å²) in [4.78, 5) is 15.7. The second kappa shape index (κ2) is 4.57. The SMILES string of the molecule is NC(=O)c1ccccc1Cn1cnc2ccccc21.